The number of H-pyrrole nitrogens is 1. The van der Waals surface area contributed by atoms with Crippen LogP contribution in [-0.4, -0.2) is 16.1 Å². The van der Waals surface area contributed by atoms with Crippen molar-refractivity contribution in [3.8, 4) is 0 Å². The summed E-state index contributed by atoms with van der Waals surface area (Å²) in [6.07, 6.45) is 3.69. The van der Waals surface area contributed by atoms with Crippen molar-refractivity contribution in [3.05, 3.63) is 17.3 Å². The molecule has 60 valence electrons. The quantitative estimate of drug-likeness (QED) is 0.664. The van der Waals surface area contributed by atoms with Crippen LogP contribution in [0.15, 0.2) is 6.08 Å². The number of halogens is 1. The van der Waals surface area contributed by atoms with Gasteiger partial charge < -0.3 is 5.73 Å². The molecule has 1 aromatic rings. The molecule has 3 N–H and O–H groups in total. The Hall–Kier alpha value is -0.960. The van der Waals surface area contributed by atoms with Crippen molar-refractivity contribution in [2.24, 2.45) is 0 Å². The van der Waals surface area contributed by atoms with Crippen LogP contribution >= 0.6 is 11.6 Å². The molecule has 1 heterocycles. The molecule has 0 atom stereocenters. The van der Waals surface area contributed by atoms with E-state index in [-0.39, 0.29) is 0 Å². The van der Waals surface area contributed by atoms with Crippen molar-refractivity contribution in [3.63, 3.8) is 0 Å². The van der Waals surface area contributed by atoms with Crippen LogP contribution in [-0.2, 0) is 0 Å². The second-order valence-corrected chi connectivity index (χ2v) is 2.51. The number of allylic oxidation sites excluding steroid dienone is 1. The number of nitrogens with zero attached hydrogens (tertiary/aromatic N) is 1. The lowest BCUT2D eigenvalue weighted by Gasteiger charge is -1.89. The molecule has 0 fully saturated rings. The van der Waals surface area contributed by atoms with Gasteiger partial charge in [0.05, 0.1) is 0 Å². The molecule has 0 aliphatic rings. The Bertz CT molecular complexity index is 245. The minimum atomic E-state index is 0.490. The fraction of sp³-hybridized carbons (Fsp3) is 0.286. The second kappa shape index (κ2) is 3.44. The van der Waals surface area contributed by atoms with Crippen LogP contribution in [0.2, 0.25) is 0 Å². The van der Waals surface area contributed by atoms with Gasteiger partial charge >= 0.3 is 0 Å². The van der Waals surface area contributed by atoms with Crippen LogP contribution in [0.1, 0.15) is 11.3 Å². The zero-order valence-electron chi connectivity index (χ0n) is 6.26. The van der Waals surface area contributed by atoms with Gasteiger partial charge in [-0.2, -0.15) is 5.10 Å². The maximum absolute atomic E-state index is 5.55. The van der Waals surface area contributed by atoms with E-state index in [9.17, 15) is 0 Å². The third-order valence-electron chi connectivity index (χ3n) is 1.40. The molecule has 0 amide bonds. The van der Waals surface area contributed by atoms with E-state index in [0.29, 0.717) is 11.7 Å². The number of hydrogen-bond donors (Lipinski definition) is 2. The summed E-state index contributed by atoms with van der Waals surface area (Å²) in [5.74, 6) is 1.01. The highest BCUT2D eigenvalue weighted by atomic mass is 35.5. The van der Waals surface area contributed by atoms with Gasteiger partial charge in [-0.15, -0.1) is 11.6 Å². The van der Waals surface area contributed by atoms with Gasteiger partial charge in [0.2, 0.25) is 0 Å². The molecule has 0 aliphatic heterocycles. The number of anilines is 1. The van der Waals surface area contributed by atoms with E-state index in [2.05, 4.69) is 10.2 Å². The number of nitrogens with two attached hydrogens (primary N) is 1. The number of nitrogen functional groups attached to an aromatic ring is 1. The summed E-state index contributed by atoms with van der Waals surface area (Å²) >= 11 is 5.46. The van der Waals surface area contributed by atoms with Crippen LogP contribution in [0, 0.1) is 6.92 Å². The summed E-state index contributed by atoms with van der Waals surface area (Å²) in [7, 11) is 0. The van der Waals surface area contributed by atoms with Crippen molar-refractivity contribution >= 4 is 23.5 Å². The summed E-state index contributed by atoms with van der Waals surface area (Å²) in [6, 6.07) is 0. The molecule has 0 radical (unpaired) electrons. The maximum atomic E-state index is 5.55. The molecular formula is C7H10ClN3. The Morgan fingerprint density at radius 3 is 2.91 bits per heavy atom. The molecule has 0 aliphatic carbocycles. The number of alkyl halides is 1. The summed E-state index contributed by atoms with van der Waals surface area (Å²) < 4.78 is 0. The topological polar surface area (TPSA) is 54.7 Å². The Morgan fingerprint density at radius 1 is 1.73 bits per heavy atom. The van der Waals surface area contributed by atoms with Gasteiger partial charge in [-0.3, -0.25) is 5.10 Å². The van der Waals surface area contributed by atoms with Crippen molar-refractivity contribution < 1.29 is 0 Å². The van der Waals surface area contributed by atoms with E-state index in [1.165, 1.54) is 0 Å². The van der Waals surface area contributed by atoms with Crippen LogP contribution in [0.4, 0.5) is 5.82 Å². The zero-order chi connectivity index (χ0) is 8.27. The molecule has 0 unspecified atom stereocenters. The zero-order valence-corrected chi connectivity index (χ0v) is 7.02. The number of rotatable bonds is 2. The van der Waals surface area contributed by atoms with Crippen LogP contribution in [0.3, 0.4) is 0 Å². The lowest BCUT2D eigenvalue weighted by molar-refractivity contribution is 1.05. The van der Waals surface area contributed by atoms with Gasteiger partial charge in [0.15, 0.2) is 5.82 Å². The first-order valence-corrected chi connectivity index (χ1v) is 3.82. The molecule has 1 rings (SSSR count). The third kappa shape index (κ3) is 1.74. The number of aromatic nitrogens is 2. The molecule has 0 spiro atoms. The average Bonchev–Trinajstić information content (AvgIpc) is 2.29. The summed E-state index contributed by atoms with van der Waals surface area (Å²) in [4.78, 5) is 0. The molecule has 4 heteroatoms. The van der Waals surface area contributed by atoms with E-state index in [0.717, 1.165) is 11.3 Å². The summed E-state index contributed by atoms with van der Waals surface area (Å²) in [5.41, 5.74) is 7.43. The largest absolute Gasteiger partial charge is 0.382 e. The Kier molecular flexibility index (Phi) is 2.54. The number of aromatic amines is 1. The third-order valence-corrected chi connectivity index (χ3v) is 1.58. The van der Waals surface area contributed by atoms with Gasteiger partial charge in [0.25, 0.3) is 0 Å². The summed E-state index contributed by atoms with van der Waals surface area (Å²) in [5, 5.41) is 6.60. The minimum absolute atomic E-state index is 0.490. The molecule has 0 bridgehead atoms. The summed E-state index contributed by atoms with van der Waals surface area (Å²) in [6.45, 7) is 1.91. The van der Waals surface area contributed by atoms with Gasteiger partial charge in [0.1, 0.15) is 0 Å². The normalized spacial score (nSPS) is 11.1. The number of aryl methyl sites for hydroxylation is 1. The van der Waals surface area contributed by atoms with Crippen LogP contribution in [0.5, 0.6) is 0 Å². The Balaban J connectivity index is 2.92. The highest BCUT2D eigenvalue weighted by Gasteiger charge is 2.01. The predicted molar refractivity (Wildman–Crippen MR) is 47.5 cm³/mol. The molecule has 0 saturated carbocycles. The first-order valence-electron chi connectivity index (χ1n) is 3.28. The molecular weight excluding hydrogens is 162 g/mol. The van der Waals surface area contributed by atoms with E-state index in [4.69, 9.17) is 17.3 Å². The van der Waals surface area contributed by atoms with E-state index in [1.807, 2.05) is 19.1 Å². The lowest BCUT2D eigenvalue weighted by Crippen LogP contribution is -1.86. The van der Waals surface area contributed by atoms with Gasteiger partial charge in [-0.1, -0.05) is 12.2 Å². The molecule has 1 aromatic heterocycles. The fourth-order valence-corrected chi connectivity index (χ4v) is 0.918. The maximum Gasteiger partial charge on any atom is 0.152 e. The van der Waals surface area contributed by atoms with E-state index >= 15 is 0 Å². The molecule has 0 aromatic carbocycles. The first kappa shape index (κ1) is 8.14. The molecule has 11 heavy (non-hydrogen) atoms. The van der Waals surface area contributed by atoms with Crippen molar-refractivity contribution in [2.75, 3.05) is 11.6 Å². The molecule has 3 nitrogen and oxygen atoms in total. The second-order valence-electron chi connectivity index (χ2n) is 2.20. The predicted octanol–water partition coefficient (Wildman–Crippen LogP) is 1.55. The van der Waals surface area contributed by atoms with Crippen LogP contribution in [0.25, 0.3) is 6.08 Å². The van der Waals surface area contributed by atoms with Crippen LogP contribution < -0.4 is 5.73 Å². The smallest absolute Gasteiger partial charge is 0.152 e. The SMILES string of the molecule is Cc1[nH]nc(N)c1C=CCCl. The number of nitrogens with one attached hydrogen (secondary N) is 1. The molecule has 0 saturated heterocycles. The minimum Gasteiger partial charge on any atom is -0.382 e. The van der Waals surface area contributed by atoms with Gasteiger partial charge in [0, 0.05) is 17.1 Å². The van der Waals surface area contributed by atoms with E-state index < -0.39 is 0 Å². The van der Waals surface area contributed by atoms with E-state index in [1.54, 1.807) is 0 Å². The fourth-order valence-electron chi connectivity index (χ4n) is 0.829. The highest BCUT2D eigenvalue weighted by Crippen LogP contribution is 2.13. The first-order chi connectivity index (χ1) is 5.25. The van der Waals surface area contributed by atoms with Crippen molar-refractivity contribution in [1.29, 1.82) is 0 Å². The van der Waals surface area contributed by atoms with Gasteiger partial charge in [-0.05, 0) is 6.92 Å². The van der Waals surface area contributed by atoms with Gasteiger partial charge in [-0.25, -0.2) is 0 Å². The standard InChI is InChI=1S/C7H10ClN3/c1-5-6(3-2-4-8)7(9)11-10-5/h2-3H,4H2,1H3,(H3,9,10,11). The monoisotopic (exact) mass is 171 g/mol. The lowest BCUT2D eigenvalue weighted by atomic mass is 10.2. The van der Waals surface area contributed by atoms with Crippen molar-refractivity contribution in [2.45, 2.75) is 6.92 Å². The Labute approximate surface area is 70.2 Å². The Morgan fingerprint density at radius 2 is 2.45 bits per heavy atom. The average molecular weight is 172 g/mol. The van der Waals surface area contributed by atoms with Crippen molar-refractivity contribution in [1.82, 2.24) is 10.2 Å². The highest BCUT2D eigenvalue weighted by molar-refractivity contribution is 6.19. The number of hydrogen-bond acceptors (Lipinski definition) is 2.